The Morgan fingerprint density at radius 1 is 0.735 bits per heavy atom. The van der Waals surface area contributed by atoms with Crippen molar-refractivity contribution in [2.24, 2.45) is 0 Å². The molecule has 170 valence electrons. The highest BCUT2D eigenvalue weighted by Crippen LogP contribution is 2.26. The molecule has 1 fully saturated rings. The van der Waals surface area contributed by atoms with Crippen LogP contribution in [0.1, 0.15) is 12.8 Å². The highest BCUT2D eigenvalue weighted by Gasteiger charge is 2.14. The number of ether oxygens (including phenoxy) is 1. The summed E-state index contributed by atoms with van der Waals surface area (Å²) >= 11 is 0. The number of benzene rings is 3. The van der Waals surface area contributed by atoms with Gasteiger partial charge in [-0.05, 0) is 61.4 Å². The number of para-hydroxylation sites is 1. The topological polar surface area (TPSA) is 66.5 Å². The van der Waals surface area contributed by atoms with Gasteiger partial charge in [0.15, 0.2) is 0 Å². The highest BCUT2D eigenvalue weighted by atomic mass is 16.5. The van der Waals surface area contributed by atoms with E-state index in [9.17, 15) is 4.79 Å². The summed E-state index contributed by atoms with van der Waals surface area (Å²) in [4.78, 5) is 19.8. The van der Waals surface area contributed by atoms with Gasteiger partial charge in [-0.15, -0.1) is 0 Å². The Labute approximate surface area is 199 Å². The molecule has 0 aliphatic carbocycles. The summed E-state index contributed by atoms with van der Waals surface area (Å²) < 4.78 is 5.85. The number of hydrogen-bond donors (Lipinski definition) is 2. The lowest BCUT2D eigenvalue weighted by Crippen LogP contribution is -2.19. The third-order valence-corrected chi connectivity index (χ3v) is 5.65. The predicted octanol–water partition coefficient (Wildman–Crippen LogP) is 6.79. The molecule has 34 heavy (non-hydrogen) atoms. The summed E-state index contributed by atoms with van der Waals surface area (Å²) in [6.07, 6.45) is 2.42. The quantitative estimate of drug-likeness (QED) is 0.340. The number of amides is 2. The number of anilines is 3. The number of nitrogens with one attached hydrogen (secondary N) is 2. The number of aromatic nitrogens is 1. The average Bonchev–Trinajstić information content (AvgIpc) is 3.40. The smallest absolute Gasteiger partial charge is 0.323 e. The van der Waals surface area contributed by atoms with Crippen molar-refractivity contribution >= 4 is 23.2 Å². The summed E-state index contributed by atoms with van der Waals surface area (Å²) in [7, 11) is 0. The summed E-state index contributed by atoms with van der Waals surface area (Å²) in [5, 5.41) is 5.78. The standard InChI is InChI=1S/C28H26N4O2/c33-28(30-23-11-7-14-25(20-23)34-24-12-2-1-3-13-24)29-22-10-6-9-21(19-22)26-15-8-16-27(31-26)32-17-4-5-18-32/h1-3,6-16,19-20H,4-5,17-18H2,(H2,29,30,33). The van der Waals surface area contributed by atoms with Gasteiger partial charge in [0, 0.05) is 36.1 Å². The molecule has 0 atom stereocenters. The number of rotatable bonds is 6. The average molecular weight is 451 g/mol. The Hall–Kier alpha value is -4.32. The molecular formula is C28H26N4O2. The van der Waals surface area contributed by atoms with Crippen molar-refractivity contribution in [2.75, 3.05) is 28.6 Å². The number of carbonyl (C=O) groups excluding carboxylic acids is 1. The van der Waals surface area contributed by atoms with Gasteiger partial charge >= 0.3 is 6.03 Å². The third-order valence-electron chi connectivity index (χ3n) is 5.65. The van der Waals surface area contributed by atoms with Crippen LogP contribution in [-0.2, 0) is 0 Å². The predicted molar refractivity (Wildman–Crippen MR) is 137 cm³/mol. The first kappa shape index (κ1) is 21.5. The molecule has 0 unspecified atom stereocenters. The van der Waals surface area contributed by atoms with Gasteiger partial charge in [-0.25, -0.2) is 9.78 Å². The Morgan fingerprint density at radius 3 is 2.21 bits per heavy atom. The Morgan fingerprint density at radius 2 is 1.41 bits per heavy atom. The van der Waals surface area contributed by atoms with Gasteiger partial charge in [-0.3, -0.25) is 0 Å². The Bertz CT molecular complexity index is 1270. The number of carbonyl (C=O) groups is 1. The first-order valence-corrected chi connectivity index (χ1v) is 11.5. The number of urea groups is 1. The monoisotopic (exact) mass is 450 g/mol. The van der Waals surface area contributed by atoms with E-state index >= 15 is 0 Å². The minimum Gasteiger partial charge on any atom is -0.457 e. The van der Waals surface area contributed by atoms with Crippen LogP contribution >= 0.6 is 0 Å². The lowest BCUT2D eigenvalue weighted by molar-refractivity contribution is 0.262. The molecular weight excluding hydrogens is 424 g/mol. The highest BCUT2D eigenvalue weighted by molar-refractivity contribution is 6.00. The van der Waals surface area contributed by atoms with Crippen LogP contribution in [0.3, 0.4) is 0 Å². The molecule has 6 nitrogen and oxygen atoms in total. The minimum atomic E-state index is -0.326. The van der Waals surface area contributed by atoms with E-state index in [-0.39, 0.29) is 6.03 Å². The largest absolute Gasteiger partial charge is 0.457 e. The summed E-state index contributed by atoms with van der Waals surface area (Å²) in [6.45, 7) is 2.10. The molecule has 0 bridgehead atoms. The van der Waals surface area contributed by atoms with Crippen molar-refractivity contribution < 1.29 is 9.53 Å². The van der Waals surface area contributed by atoms with E-state index in [1.807, 2.05) is 84.9 Å². The van der Waals surface area contributed by atoms with Crippen LogP contribution in [0.4, 0.5) is 22.0 Å². The van der Waals surface area contributed by atoms with E-state index in [1.165, 1.54) is 12.8 Å². The zero-order chi connectivity index (χ0) is 23.2. The van der Waals surface area contributed by atoms with E-state index in [1.54, 1.807) is 6.07 Å². The molecule has 5 rings (SSSR count). The van der Waals surface area contributed by atoms with E-state index in [2.05, 4.69) is 21.6 Å². The van der Waals surface area contributed by atoms with E-state index in [0.717, 1.165) is 35.9 Å². The third kappa shape index (κ3) is 5.35. The second kappa shape index (κ2) is 10.1. The van der Waals surface area contributed by atoms with Crippen molar-refractivity contribution in [2.45, 2.75) is 12.8 Å². The lowest BCUT2D eigenvalue weighted by Gasteiger charge is -2.17. The zero-order valence-corrected chi connectivity index (χ0v) is 18.8. The van der Waals surface area contributed by atoms with Crippen molar-refractivity contribution in [3.8, 4) is 22.8 Å². The molecule has 2 N–H and O–H groups in total. The Kier molecular flexibility index (Phi) is 6.38. The van der Waals surface area contributed by atoms with Crippen LogP contribution in [0.15, 0.2) is 97.1 Å². The number of pyridine rings is 1. The van der Waals surface area contributed by atoms with Gasteiger partial charge in [0.05, 0.1) is 5.69 Å². The van der Waals surface area contributed by atoms with Gasteiger partial charge in [-0.1, -0.05) is 42.5 Å². The molecule has 2 amide bonds. The van der Waals surface area contributed by atoms with E-state index in [0.29, 0.717) is 17.1 Å². The number of hydrogen-bond acceptors (Lipinski definition) is 4. The summed E-state index contributed by atoms with van der Waals surface area (Å²) in [5.74, 6) is 2.39. The van der Waals surface area contributed by atoms with Gasteiger partial charge < -0.3 is 20.3 Å². The number of nitrogens with zero attached hydrogens (tertiary/aromatic N) is 2. The molecule has 4 aromatic rings. The molecule has 1 aliphatic rings. The van der Waals surface area contributed by atoms with Crippen molar-refractivity contribution in [3.05, 3.63) is 97.1 Å². The molecule has 1 aliphatic heterocycles. The molecule has 2 heterocycles. The fourth-order valence-electron chi connectivity index (χ4n) is 4.02. The van der Waals surface area contributed by atoms with Crippen LogP contribution in [0.2, 0.25) is 0 Å². The second-order valence-electron chi connectivity index (χ2n) is 8.18. The van der Waals surface area contributed by atoms with E-state index in [4.69, 9.17) is 9.72 Å². The van der Waals surface area contributed by atoms with E-state index < -0.39 is 0 Å². The van der Waals surface area contributed by atoms with Crippen LogP contribution in [0.5, 0.6) is 11.5 Å². The fraction of sp³-hybridized carbons (Fsp3) is 0.143. The fourth-order valence-corrected chi connectivity index (χ4v) is 4.02. The summed E-state index contributed by atoms with van der Waals surface area (Å²) in [5.41, 5.74) is 3.18. The van der Waals surface area contributed by atoms with Crippen LogP contribution < -0.4 is 20.3 Å². The first-order valence-electron chi connectivity index (χ1n) is 11.5. The lowest BCUT2D eigenvalue weighted by atomic mass is 10.1. The van der Waals surface area contributed by atoms with Gasteiger partial charge in [0.25, 0.3) is 0 Å². The maximum Gasteiger partial charge on any atom is 0.323 e. The van der Waals surface area contributed by atoms with Crippen molar-refractivity contribution in [1.29, 1.82) is 0 Å². The molecule has 3 aromatic carbocycles. The van der Waals surface area contributed by atoms with Crippen LogP contribution in [0, 0.1) is 0 Å². The maximum absolute atomic E-state index is 12.6. The maximum atomic E-state index is 12.6. The van der Waals surface area contributed by atoms with Crippen LogP contribution in [-0.4, -0.2) is 24.1 Å². The van der Waals surface area contributed by atoms with Gasteiger partial charge in [-0.2, -0.15) is 0 Å². The SMILES string of the molecule is O=C(Nc1cccc(Oc2ccccc2)c1)Nc1cccc(-c2cccc(N3CCCC3)n2)c1. The van der Waals surface area contributed by atoms with Gasteiger partial charge in [0.2, 0.25) is 0 Å². The second-order valence-corrected chi connectivity index (χ2v) is 8.18. The van der Waals surface area contributed by atoms with Crippen LogP contribution in [0.25, 0.3) is 11.3 Å². The molecule has 0 radical (unpaired) electrons. The molecule has 1 saturated heterocycles. The Balaban J connectivity index is 1.25. The first-order chi connectivity index (χ1) is 16.7. The molecule has 0 spiro atoms. The summed E-state index contributed by atoms with van der Waals surface area (Å²) in [6, 6.07) is 30.3. The minimum absolute atomic E-state index is 0.326. The van der Waals surface area contributed by atoms with Gasteiger partial charge in [0.1, 0.15) is 17.3 Å². The van der Waals surface area contributed by atoms with Crippen molar-refractivity contribution in [3.63, 3.8) is 0 Å². The van der Waals surface area contributed by atoms with Crippen molar-refractivity contribution in [1.82, 2.24) is 4.98 Å². The molecule has 1 aromatic heterocycles. The zero-order valence-electron chi connectivity index (χ0n) is 18.8. The normalized spacial score (nSPS) is 12.9. The molecule has 0 saturated carbocycles. The molecule has 6 heteroatoms.